The highest BCUT2D eigenvalue weighted by molar-refractivity contribution is 7.98. The van der Waals surface area contributed by atoms with E-state index in [1.165, 1.54) is 0 Å². The number of halogens is 1. The molecule has 1 saturated carbocycles. The van der Waals surface area contributed by atoms with Gasteiger partial charge < -0.3 is 14.2 Å². The van der Waals surface area contributed by atoms with Gasteiger partial charge in [0.25, 0.3) is 0 Å². The summed E-state index contributed by atoms with van der Waals surface area (Å²) in [7, 11) is 1.73. The molecule has 2 N–H and O–H groups in total. The molecule has 1 amide bonds. The number of carbonyl (C=O) groups excluding carboxylic acids is 1. The van der Waals surface area contributed by atoms with Crippen LogP contribution in [0.15, 0.2) is 48.8 Å². The minimum absolute atomic E-state index is 0.0728. The van der Waals surface area contributed by atoms with Crippen molar-refractivity contribution in [1.29, 1.82) is 0 Å². The first-order chi connectivity index (χ1) is 15.6. The number of hydrogen-bond donors (Lipinski definition) is 2. The van der Waals surface area contributed by atoms with E-state index in [-0.39, 0.29) is 6.54 Å². The maximum atomic E-state index is 15.0. The molecule has 1 aromatic carbocycles. The molecule has 5 rings (SSSR count). The van der Waals surface area contributed by atoms with Crippen molar-refractivity contribution < 1.29 is 18.7 Å². The fourth-order valence-electron chi connectivity index (χ4n) is 3.72. The highest BCUT2D eigenvalue weighted by atomic mass is 32.2. The van der Waals surface area contributed by atoms with Gasteiger partial charge in [0.15, 0.2) is 17.3 Å². The molecule has 1 fully saturated rings. The lowest BCUT2D eigenvalue weighted by molar-refractivity contribution is 0.0992. The van der Waals surface area contributed by atoms with Gasteiger partial charge in [-0.15, -0.1) is 5.10 Å². The van der Waals surface area contributed by atoms with Crippen LogP contribution in [0, 0.1) is 5.82 Å². The largest absolute Gasteiger partial charge is 0.436 e. The van der Waals surface area contributed by atoms with Gasteiger partial charge >= 0.3 is 6.09 Å². The van der Waals surface area contributed by atoms with Gasteiger partial charge in [-0.1, -0.05) is 12.1 Å². The summed E-state index contributed by atoms with van der Waals surface area (Å²) in [6, 6.07) is 10.0. The van der Waals surface area contributed by atoms with E-state index in [1.807, 2.05) is 0 Å². The lowest BCUT2D eigenvalue weighted by Crippen LogP contribution is -2.46. The highest BCUT2D eigenvalue weighted by Gasteiger charge is 2.58. The number of anilines is 1. The summed E-state index contributed by atoms with van der Waals surface area (Å²) in [5.74, 6) is 0.615. The Balaban J connectivity index is 1.41. The minimum atomic E-state index is -0.606. The van der Waals surface area contributed by atoms with Crippen molar-refractivity contribution in [3.05, 3.63) is 65.9 Å². The third-order valence-electron chi connectivity index (χ3n) is 5.37. The first kappa shape index (κ1) is 20.5. The van der Waals surface area contributed by atoms with Crippen molar-refractivity contribution in [2.45, 2.75) is 24.9 Å². The molecule has 9 nitrogen and oxygen atoms in total. The minimum Gasteiger partial charge on any atom is -0.436 e. The smallest absolute Gasteiger partial charge is 0.416 e. The first-order valence-corrected chi connectivity index (χ1v) is 10.7. The van der Waals surface area contributed by atoms with Gasteiger partial charge in [0.2, 0.25) is 5.88 Å². The number of nitrogens with zero attached hydrogens (tertiary/aromatic N) is 4. The van der Waals surface area contributed by atoms with Crippen molar-refractivity contribution in [3.8, 4) is 17.4 Å². The second-order valence-electron chi connectivity index (χ2n) is 7.35. The van der Waals surface area contributed by atoms with Crippen LogP contribution in [-0.4, -0.2) is 33.2 Å². The Morgan fingerprint density at radius 3 is 2.94 bits per heavy atom. The SMILES string of the molecule is CNSNc1cccc(CN2C(=O)Oc3cc(Oc4cccnn4)cnc3C23CC3)c1F. The molecule has 1 spiro atoms. The summed E-state index contributed by atoms with van der Waals surface area (Å²) in [6.07, 6.45) is 4.00. The van der Waals surface area contributed by atoms with Crippen LogP contribution in [-0.2, 0) is 12.1 Å². The third kappa shape index (κ3) is 3.69. The van der Waals surface area contributed by atoms with Gasteiger partial charge in [0.1, 0.15) is 5.69 Å². The number of carbonyl (C=O) groups is 1. The second-order valence-corrected chi connectivity index (χ2v) is 8.17. The first-order valence-electron chi connectivity index (χ1n) is 9.92. The number of aromatic nitrogens is 3. The summed E-state index contributed by atoms with van der Waals surface area (Å²) in [6.45, 7) is 0.0728. The Hall–Kier alpha value is -3.44. The highest BCUT2D eigenvalue weighted by Crippen LogP contribution is 2.56. The van der Waals surface area contributed by atoms with Crippen LogP contribution in [0.5, 0.6) is 17.4 Å². The molecule has 1 aliphatic heterocycles. The fraction of sp³-hybridized carbons (Fsp3) is 0.238. The van der Waals surface area contributed by atoms with Gasteiger partial charge in [-0.3, -0.25) is 9.88 Å². The van der Waals surface area contributed by atoms with Gasteiger partial charge in [-0.25, -0.2) is 13.9 Å². The zero-order valence-corrected chi connectivity index (χ0v) is 17.9. The van der Waals surface area contributed by atoms with Crippen LogP contribution in [0.3, 0.4) is 0 Å². The molecule has 0 radical (unpaired) electrons. The van der Waals surface area contributed by atoms with E-state index < -0.39 is 17.4 Å². The Morgan fingerprint density at radius 1 is 1.31 bits per heavy atom. The number of fused-ring (bicyclic) bond motifs is 2. The van der Waals surface area contributed by atoms with E-state index in [2.05, 4.69) is 24.6 Å². The zero-order chi connectivity index (χ0) is 22.1. The quantitative estimate of drug-likeness (QED) is 0.513. The molecule has 1 aliphatic carbocycles. The van der Waals surface area contributed by atoms with Crippen LogP contribution < -0.4 is 18.9 Å². The van der Waals surface area contributed by atoms with Crippen molar-refractivity contribution in [1.82, 2.24) is 24.8 Å². The lowest BCUT2D eigenvalue weighted by Gasteiger charge is -2.36. The van der Waals surface area contributed by atoms with Crippen molar-refractivity contribution in [2.75, 3.05) is 11.8 Å². The third-order valence-corrected chi connectivity index (χ3v) is 5.89. The molecular weight excluding hydrogens is 435 g/mol. The molecule has 0 bridgehead atoms. The number of nitrogens with one attached hydrogen (secondary N) is 2. The van der Waals surface area contributed by atoms with Crippen molar-refractivity contribution >= 4 is 23.9 Å². The van der Waals surface area contributed by atoms with E-state index in [4.69, 9.17) is 9.47 Å². The fourth-order valence-corrected chi connectivity index (χ4v) is 4.09. The lowest BCUT2D eigenvalue weighted by atomic mass is 10.0. The van der Waals surface area contributed by atoms with Gasteiger partial charge in [0, 0.05) is 36.0 Å². The molecule has 32 heavy (non-hydrogen) atoms. The monoisotopic (exact) mass is 454 g/mol. The molecule has 164 valence electrons. The maximum Gasteiger partial charge on any atom is 0.416 e. The Kier molecular flexibility index (Phi) is 5.27. The molecule has 2 aromatic heterocycles. The molecule has 0 unspecified atom stereocenters. The summed E-state index contributed by atoms with van der Waals surface area (Å²) in [5.41, 5.74) is 0.761. The van der Waals surface area contributed by atoms with E-state index in [9.17, 15) is 9.18 Å². The topological polar surface area (TPSA) is 102 Å². The number of hydrogen-bond acceptors (Lipinski definition) is 9. The number of ether oxygens (including phenoxy) is 2. The molecule has 3 aromatic rings. The van der Waals surface area contributed by atoms with E-state index >= 15 is 0 Å². The van der Waals surface area contributed by atoms with E-state index in [0.717, 1.165) is 25.0 Å². The summed E-state index contributed by atoms with van der Waals surface area (Å²) < 4.78 is 31.9. The van der Waals surface area contributed by atoms with Gasteiger partial charge in [-0.2, -0.15) is 5.10 Å². The number of benzene rings is 1. The predicted molar refractivity (Wildman–Crippen MR) is 115 cm³/mol. The number of pyridine rings is 1. The van der Waals surface area contributed by atoms with E-state index in [0.29, 0.717) is 34.3 Å². The van der Waals surface area contributed by atoms with Crippen LogP contribution in [0.2, 0.25) is 0 Å². The van der Waals surface area contributed by atoms with Crippen LogP contribution >= 0.6 is 12.1 Å². The molecule has 2 aliphatic rings. The average Bonchev–Trinajstić information content (AvgIpc) is 3.59. The number of rotatable bonds is 7. The average molecular weight is 454 g/mol. The zero-order valence-electron chi connectivity index (χ0n) is 17.0. The molecule has 0 saturated heterocycles. The predicted octanol–water partition coefficient (Wildman–Crippen LogP) is 4.00. The maximum absolute atomic E-state index is 15.0. The van der Waals surface area contributed by atoms with Crippen LogP contribution in [0.4, 0.5) is 14.9 Å². The standard InChI is InChI=1S/C21H19FN6O3S/c1-23-32-27-15-5-2-4-13(18(15)22)12-28-20(29)31-16-10-14(30-17-6-3-9-25-26-17)11-24-19(16)21(28)7-8-21/h2-6,9-11,23,27H,7-8,12H2,1H3. The summed E-state index contributed by atoms with van der Waals surface area (Å²) in [4.78, 5) is 19.0. The van der Waals surface area contributed by atoms with Gasteiger partial charge in [0.05, 0.1) is 24.0 Å². The normalized spacial score (nSPS) is 15.8. The second kappa shape index (κ2) is 8.24. The summed E-state index contributed by atoms with van der Waals surface area (Å²) >= 11 is 1.16. The Labute approximate surface area is 187 Å². The molecule has 0 atom stereocenters. The Bertz CT molecular complexity index is 1160. The van der Waals surface area contributed by atoms with Crippen LogP contribution in [0.1, 0.15) is 24.1 Å². The van der Waals surface area contributed by atoms with E-state index in [1.54, 1.807) is 60.7 Å². The molecule has 3 heterocycles. The van der Waals surface area contributed by atoms with Crippen LogP contribution in [0.25, 0.3) is 0 Å². The Morgan fingerprint density at radius 2 is 2.19 bits per heavy atom. The van der Waals surface area contributed by atoms with Crippen molar-refractivity contribution in [3.63, 3.8) is 0 Å². The van der Waals surface area contributed by atoms with Crippen molar-refractivity contribution in [2.24, 2.45) is 0 Å². The molecule has 11 heteroatoms. The van der Waals surface area contributed by atoms with Gasteiger partial charge in [-0.05, 0) is 32.0 Å². The summed E-state index contributed by atoms with van der Waals surface area (Å²) in [5, 5.41) is 7.64. The number of amides is 1. The molecular formula is C21H19FN6O3S.